The quantitative estimate of drug-likeness (QED) is 0.425. The van der Waals surface area contributed by atoms with E-state index < -0.39 is 0 Å². The highest BCUT2D eigenvalue weighted by atomic mass is 13.9. The first-order chi connectivity index (χ1) is 5.81. The van der Waals surface area contributed by atoms with Crippen molar-refractivity contribution in [1.82, 2.24) is 0 Å². The fourth-order valence-corrected chi connectivity index (χ4v) is 0.707. The highest BCUT2D eigenvalue weighted by Crippen LogP contribution is 2.02. The van der Waals surface area contributed by atoms with Gasteiger partial charge in [0.25, 0.3) is 0 Å². The van der Waals surface area contributed by atoms with Gasteiger partial charge >= 0.3 is 0 Å². The summed E-state index contributed by atoms with van der Waals surface area (Å²) in [6.45, 7) is 7.89. The Bertz CT molecular complexity index is 182. The van der Waals surface area contributed by atoms with Gasteiger partial charge in [-0.05, 0) is 19.3 Å². The standard InChI is InChI=1S/C12H18/c1-4-6-7-8-9-10-11-12(3)5-2/h4-10,12H,2,11H2,1,3H3/b6-4-,8-7-,10-9+. The Kier molecular flexibility index (Phi) is 7.36. The molecule has 0 aromatic rings. The molecule has 0 heteroatoms. The summed E-state index contributed by atoms with van der Waals surface area (Å²) in [6.07, 6.45) is 15.4. The molecule has 0 saturated carbocycles. The Morgan fingerprint density at radius 3 is 2.42 bits per heavy atom. The molecule has 0 aromatic heterocycles. The SMILES string of the molecule is C=CC(C)C/C=C/C=C\C=C/C. The third-order valence-electron chi connectivity index (χ3n) is 1.57. The lowest BCUT2D eigenvalue weighted by Gasteiger charge is -1.96. The predicted molar refractivity (Wildman–Crippen MR) is 57.1 cm³/mol. The molecule has 0 aliphatic rings. The minimum atomic E-state index is 0.580. The molecule has 0 heterocycles. The van der Waals surface area contributed by atoms with Crippen LogP contribution in [0.5, 0.6) is 0 Å². The Morgan fingerprint density at radius 1 is 1.17 bits per heavy atom. The van der Waals surface area contributed by atoms with Crippen LogP contribution >= 0.6 is 0 Å². The summed E-state index contributed by atoms with van der Waals surface area (Å²) < 4.78 is 0. The van der Waals surface area contributed by atoms with Gasteiger partial charge in [-0.3, -0.25) is 0 Å². The Hall–Kier alpha value is -1.04. The van der Waals surface area contributed by atoms with Gasteiger partial charge in [0.1, 0.15) is 0 Å². The number of hydrogen-bond acceptors (Lipinski definition) is 0. The van der Waals surface area contributed by atoms with E-state index in [2.05, 4.69) is 25.7 Å². The summed E-state index contributed by atoms with van der Waals surface area (Å²) >= 11 is 0. The minimum absolute atomic E-state index is 0.580. The van der Waals surface area contributed by atoms with Crippen LogP contribution in [0, 0.1) is 5.92 Å². The Balaban J connectivity index is 3.55. The minimum Gasteiger partial charge on any atom is -0.103 e. The normalized spacial score (nSPS) is 14.8. The second-order valence-corrected chi connectivity index (χ2v) is 2.79. The third-order valence-corrected chi connectivity index (χ3v) is 1.57. The highest BCUT2D eigenvalue weighted by molar-refractivity contribution is 5.10. The van der Waals surface area contributed by atoms with E-state index in [0.717, 1.165) is 6.42 Å². The maximum atomic E-state index is 3.73. The van der Waals surface area contributed by atoms with Crippen LogP contribution in [0.3, 0.4) is 0 Å². The number of hydrogen-bond donors (Lipinski definition) is 0. The molecular formula is C12H18. The van der Waals surface area contributed by atoms with E-state index in [-0.39, 0.29) is 0 Å². The van der Waals surface area contributed by atoms with Gasteiger partial charge in [0, 0.05) is 0 Å². The zero-order valence-corrected chi connectivity index (χ0v) is 8.03. The van der Waals surface area contributed by atoms with Crippen molar-refractivity contribution >= 4 is 0 Å². The highest BCUT2D eigenvalue weighted by Gasteiger charge is 1.88. The van der Waals surface area contributed by atoms with Crippen molar-refractivity contribution in [1.29, 1.82) is 0 Å². The second-order valence-electron chi connectivity index (χ2n) is 2.79. The second kappa shape index (κ2) is 8.06. The molecule has 1 unspecified atom stereocenters. The van der Waals surface area contributed by atoms with Crippen molar-refractivity contribution in [2.45, 2.75) is 20.3 Å². The van der Waals surface area contributed by atoms with E-state index in [1.54, 1.807) is 0 Å². The average molecular weight is 162 g/mol. The first kappa shape index (κ1) is 11.0. The van der Waals surface area contributed by atoms with Crippen molar-refractivity contribution in [3.05, 3.63) is 49.1 Å². The molecule has 1 atom stereocenters. The van der Waals surface area contributed by atoms with E-state index in [9.17, 15) is 0 Å². The van der Waals surface area contributed by atoms with E-state index >= 15 is 0 Å². The van der Waals surface area contributed by atoms with Crippen molar-refractivity contribution in [3.8, 4) is 0 Å². The van der Waals surface area contributed by atoms with Gasteiger partial charge in [-0.2, -0.15) is 0 Å². The van der Waals surface area contributed by atoms with E-state index in [4.69, 9.17) is 0 Å². The van der Waals surface area contributed by atoms with Crippen LogP contribution in [0.4, 0.5) is 0 Å². The molecule has 0 nitrogen and oxygen atoms in total. The third kappa shape index (κ3) is 7.07. The van der Waals surface area contributed by atoms with Crippen molar-refractivity contribution < 1.29 is 0 Å². The molecule has 0 rings (SSSR count). The molecule has 0 radical (unpaired) electrons. The molecule has 0 aromatic carbocycles. The summed E-state index contributed by atoms with van der Waals surface area (Å²) in [5.41, 5.74) is 0. The summed E-state index contributed by atoms with van der Waals surface area (Å²) in [6, 6.07) is 0. The molecule has 12 heavy (non-hydrogen) atoms. The van der Waals surface area contributed by atoms with Gasteiger partial charge in [-0.15, -0.1) is 6.58 Å². The maximum absolute atomic E-state index is 3.73. The van der Waals surface area contributed by atoms with Gasteiger partial charge in [-0.1, -0.05) is 49.5 Å². The van der Waals surface area contributed by atoms with Gasteiger partial charge in [0.05, 0.1) is 0 Å². The van der Waals surface area contributed by atoms with Crippen molar-refractivity contribution in [3.63, 3.8) is 0 Å². The molecular weight excluding hydrogens is 144 g/mol. The molecule has 0 fully saturated rings. The van der Waals surface area contributed by atoms with Crippen LogP contribution in [-0.4, -0.2) is 0 Å². The molecule has 0 saturated heterocycles. The Labute approximate surface area is 76.0 Å². The van der Waals surface area contributed by atoms with E-state index in [1.165, 1.54) is 0 Å². The predicted octanol–water partition coefficient (Wildman–Crippen LogP) is 3.89. The van der Waals surface area contributed by atoms with E-state index in [1.807, 2.05) is 37.3 Å². The van der Waals surface area contributed by atoms with E-state index in [0.29, 0.717) is 5.92 Å². The first-order valence-electron chi connectivity index (χ1n) is 4.38. The fraction of sp³-hybridized carbons (Fsp3) is 0.333. The average Bonchev–Trinajstić information content (AvgIpc) is 2.10. The lowest BCUT2D eigenvalue weighted by Crippen LogP contribution is -1.83. The molecule has 0 spiro atoms. The lowest BCUT2D eigenvalue weighted by molar-refractivity contribution is 0.746. The number of rotatable bonds is 5. The zero-order valence-electron chi connectivity index (χ0n) is 8.03. The van der Waals surface area contributed by atoms with Crippen LogP contribution in [0.1, 0.15) is 20.3 Å². The van der Waals surface area contributed by atoms with Crippen LogP contribution < -0.4 is 0 Å². The molecule has 0 aliphatic heterocycles. The summed E-state index contributed by atoms with van der Waals surface area (Å²) in [7, 11) is 0. The Morgan fingerprint density at radius 2 is 1.83 bits per heavy atom. The molecule has 66 valence electrons. The molecule has 0 amide bonds. The molecule has 0 aliphatic carbocycles. The van der Waals surface area contributed by atoms with Crippen LogP contribution in [0.2, 0.25) is 0 Å². The van der Waals surface area contributed by atoms with Crippen LogP contribution in [-0.2, 0) is 0 Å². The maximum Gasteiger partial charge on any atom is -0.0230 e. The number of allylic oxidation sites excluding steroid dienone is 7. The zero-order chi connectivity index (χ0) is 9.23. The lowest BCUT2D eigenvalue weighted by atomic mass is 10.1. The molecule has 0 bridgehead atoms. The van der Waals surface area contributed by atoms with Crippen LogP contribution in [0.15, 0.2) is 49.1 Å². The van der Waals surface area contributed by atoms with Gasteiger partial charge in [-0.25, -0.2) is 0 Å². The first-order valence-corrected chi connectivity index (χ1v) is 4.38. The summed E-state index contributed by atoms with van der Waals surface area (Å²) in [5, 5.41) is 0. The van der Waals surface area contributed by atoms with Gasteiger partial charge in [0.15, 0.2) is 0 Å². The van der Waals surface area contributed by atoms with Crippen LogP contribution in [0.25, 0.3) is 0 Å². The largest absolute Gasteiger partial charge is 0.103 e. The smallest absolute Gasteiger partial charge is 0.0230 e. The molecule has 0 N–H and O–H groups in total. The topological polar surface area (TPSA) is 0 Å². The van der Waals surface area contributed by atoms with Crippen molar-refractivity contribution in [2.24, 2.45) is 5.92 Å². The van der Waals surface area contributed by atoms with Gasteiger partial charge in [0.2, 0.25) is 0 Å². The fourth-order valence-electron chi connectivity index (χ4n) is 0.707. The monoisotopic (exact) mass is 162 g/mol. The summed E-state index contributed by atoms with van der Waals surface area (Å²) in [5.74, 6) is 0.580. The van der Waals surface area contributed by atoms with Gasteiger partial charge < -0.3 is 0 Å². The summed E-state index contributed by atoms with van der Waals surface area (Å²) in [4.78, 5) is 0. The van der Waals surface area contributed by atoms with Crippen molar-refractivity contribution in [2.75, 3.05) is 0 Å².